The minimum absolute atomic E-state index is 0.0971. The fourth-order valence-corrected chi connectivity index (χ4v) is 4.64. The lowest BCUT2D eigenvalue weighted by molar-refractivity contribution is 0.161. The summed E-state index contributed by atoms with van der Waals surface area (Å²) >= 11 is 1.55. The third kappa shape index (κ3) is 2.92. The van der Waals surface area contributed by atoms with Crippen LogP contribution in [0.4, 0.5) is 10.6 Å². The first-order chi connectivity index (χ1) is 13.1. The second kappa shape index (κ2) is 6.21. The molecular formula is C18H19N7OS. The minimum atomic E-state index is -0.0971. The molecule has 1 N–H and O–H groups in total. The molecule has 5 rings (SSSR count). The van der Waals surface area contributed by atoms with Gasteiger partial charge in [0.25, 0.3) is 0 Å². The number of urea groups is 1. The molecule has 4 heterocycles. The number of hydrogen-bond donors (Lipinski definition) is 1. The van der Waals surface area contributed by atoms with Crippen LogP contribution in [0.2, 0.25) is 0 Å². The van der Waals surface area contributed by atoms with Crippen molar-refractivity contribution in [3.8, 4) is 10.6 Å². The van der Waals surface area contributed by atoms with Gasteiger partial charge < -0.3 is 4.90 Å². The summed E-state index contributed by atoms with van der Waals surface area (Å²) in [6.07, 6.45) is 1.05. The van der Waals surface area contributed by atoms with Crippen molar-refractivity contribution < 1.29 is 4.79 Å². The van der Waals surface area contributed by atoms with Crippen LogP contribution in [-0.2, 0) is 0 Å². The van der Waals surface area contributed by atoms with E-state index in [1.54, 1.807) is 11.3 Å². The Balaban J connectivity index is 1.38. The zero-order valence-electron chi connectivity index (χ0n) is 15.1. The molecule has 0 saturated carbocycles. The second-order valence-electron chi connectivity index (χ2n) is 7.19. The van der Waals surface area contributed by atoms with Crippen molar-refractivity contribution in [3.63, 3.8) is 0 Å². The summed E-state index contributed by atoms with van der Waals surface area (Å²) in [6, 6.07) is 8.41. The third-order valence-corrected chi connectivity index (χ3v) is 6.26. The molecule has 138 valence electrons. The number of rotatable bonds is 2. The van der Waals surface area contributed by atoms with E-state index in [1.165, 1.54) is 0 Å². The van der Waals surface area contributed by atoms with Gasteiger partial charge in [-0.15, -0.1) is 20.4 Å². The highest BCUT2D eigenvalue weighted by molar-refractivity contribution is 7.14. The van der Waals surface area contributed by atoms with Crippen LogP contribution in [0.1, 0.15) is 11.4 Å². The zero-order chi connectivity index (χ0) is 18.5. The van der Waals surface area contributed by atoms with Crippen LogP contribution < -0.4 is 5.32 Å². The topological polar surface area (TPSA) is 87.1 Å². The van der Waals surface area contributed by atoms with E-state index in [9.17, 15) is 4.79 Å². The first-order valence-electron chi connectivity index (χ1n) is 8.92. The molecule has 2 aliphatic heterocycles. The summed E-state index contributed by atoms with van der Waals surface area (Å²) in [7, 11) is 2.12. The van der Waals surface area contributed by atoms with E-state index < -0.39 is 0 Å². The number of carbonyl (C=O) groups is 1. The van der Waals surface area contributed by atoms with Crippen LogP contribution in [-0.4, -0.2) is 68.4 Å². The molecule has 2 aromatic heterocycles. The fraction of sp³-hybridized carbons (Fsp3) is 0.389. The summed E-state index contributed by atoms with van der Waals surface area (Å²) in [4.78, 5) is 16.9. The Morgan fingerprint density at radius 1 is 1.15 bits per heavy atom. The number of fused-ring (bicyclic) bond motifs is 3. The Morgan fingerprint density at radius 2 is 2.04 bits per heavy atom. The molecule has 0 aliphatic carbocycles. The van der Waals surface area contributed by atoms with E-state index >= 15 is 0 Å². The Hall–Kier alpha value is -2.65. The lowest BCUT2D eigenvalue weighted by Gasteiger charge is -2.31. The lowest BCUT2D eigenvalue weighted by Crippen LogP contribution is -2.48. The van der Waals surface area contributed by atoms with Gasteiger partial charge in [0.1, 0.15) is 10.0 Å². The number of likely N-dealkylation sites (N-methyl/N-ethyl adjacent to an activating group) is 1. The van der Waals surface area contributed by atoms with E-state index in [4.69, 9.17) is 0 Å². The maximum atomic E-state index is 12.7. The monoisotopic (exact) mass is 381 g/mol. The Bertz CT molecular complexity index is 1030. The number of nitrogens with zero attached hydrogens (tertiary/aromatic N) is 6. The molecule has 9 heteroatoms. The first kappa shape index (κ1) is 16.5. The van der Waals surface area contributed by atoms with E-state index in [2.05, 4.69) is 37.7 Å². The normalized spacial score (nSPS) is 21.9. The number of aromatic nitrogens is 4. The highest BCUT2D eigenvalue weighted by Gasteiger charge is 2.43. The molecule has 1 aromatic carbocycles. The number of anilines is 1. The largest absolute Gasteiger partial charge is 0.323 e. The molecule has 2 amide bonds. The van der Waals surface area contributed by atoms with Crippen molar-refractivity contribution in [3.05, 3.63) is 29.3 Å². The maximum absolute atomic E-state index is 12.7. The number of nitrogens with one attached hydrogen (secondary N) is 1. The molecule has 0 unspecified atom stereocenters. The molecule has 8 nitrogen and oxygen atoms in total. The Morgan fingerprint density at radius 3 is 2.74 bits per heavy atom. The Labute approximate surface area is 160 Å². The number of piperazine rings is 1. The third-order valence-electron chi connectivity index (χ3n) is 5.37. The molecule has 3 aromatic rings. The van der Waals surface area contributed by atoms with Gasteiger partial charge in [-0.05, 0) is 44.7 Å². The van der Waals surface area contributed by atoms with Gasteiger partial charge in [0, 0.05) is 36.1 Å². The molecule has 2 aliphatic rings. The van der Waals surface area contributed by atoms with Gasteiger partial charge in [0.15, 0.2) is 5.82 Å². The smallest absolute Gasteiger partial charge is 0.319 e. The van der Waals surface area contributed by atoms with Crippen molar-refractivity contribution in [1.29, 1.82) is 0 Å². The molecule has 27 heavy (non-hydrogen) atoms. The van der Waals surface area contributed by atoms with Crippen LogP contribution in [0, 0.1) is 6.92 Å². The van der Waals surface area contributed by atoms with E-state index in [0.717, 1.165) is 46.0 Å². The number of amides is 2. The first-order valence-corrected chi connectivity index (χ1v) is 9.74. The molecule has 0 spiro atoms. The van der Waals surface area contributed by atoms with E-state index in [-0.39, 0.29) is 6.03 Å². The summed E-state index contributed by atoms with van der Waals surface area (Å²) < 4.78 is 0. The van der Waals surface area contributed by atoms with Gasteiger partial charge in [-0.1, -0.05) is 11.3 Å². The van der Waals surface area contributed by atoms with E-state index in [1.807, 2.05) is 36.1 Å². The summed E-state index contributed by atoms with van der Waals surface area (Å²) in [5.74, 6) is 0.467. The molecule has 2 atom stereocenters. The van der Waals surface area contributed by atoms with Gasteiger partial charge in [-0.25, -0.2) is 4.79 Å². The van der Waals surface area contributed by atoms with Gasteiger partial charge in [-0.3, -0.25) is 10.2 Å². The van der Waals surface area contributed by atoms with Gasteiger partial charge in [-0.2, -0.15) is 0 Å². The Kier molecular flexibility index (Phi) is 3.80. The van der Waals surface area contributed by atoms with Crippen LogP contribution in [0.15, 0.2) is 24.3 Å². The standard InChI is InChI=1S/C18H19N7OS/c1-10-20-23-17(27-10)11-3-4-15-12(5-11)6-16(22-21-15)19-18(26)25-9-13-7-14(25)8-24(13)2/h3-6,13-14H,7-9H2,1-2H3,(H,19,22,26)/t13-,14-/m1/s1. The number of benzene rings is 1. The molecule has 0 radical (unpaired) electrons. The predicted octanol–water partition coefficient (Wildman–Crippen LogP) is 2.38. The van der Waals surface area contributed by atoms with Crippen LogP contribution in [0.3, 0.4) is 0 Å². The summed E-state index contributed by atoms with van der Waals surface area (Å²) in [5.41, 5.74) is 1.76. The van der Waals surface area contributed by atoms with Gasteiger partial charge >= 0.3 is 6.03 Å². The minimum Gasteiger partial charge on any atom is -0.319 e. The molecule has 2 fully saturated rings. The maximum Gasteiger partial charge on any atom is 0.323 e. The highest BCUT2D eigenvalue weighted by atomic mass is 32.1. The molecule has 2 saturated heterocycles. The second-order valence-corrected chi connectivity index (χ2v) is 8.38. The average molecular weight is 381 g/mol. The van der Waals surface area contributed by atoms with Crippen molar-refractivity contribution >= 4 is 34.1 Å². The van der Waals surface area contributed by atoms with Crippen molar-refractivity contribution in [1.82, 2.24) is 30.2 Å². The van der Waals surface area contributed by atoms with Gasteiger partial charge in [0.2, 0.25) is 0 Å². The highest BCUT2D eigenvalue weighted by Crippen LogP contribution is 2.30. The summed E-state index contributed by atoms with van der Waals surface area (Å²) in [6.45, 7) is 3.64. The van der Waals surface area contributed by atoms with Crippen LogP contribution in [0.25, 0.3) is 21.5 Å². The van der Waals surface area contributed by atoms with Crippen molar-refractivity contribution in [2.75, 3.05) is 25.5 Å². The summed E-state index contributed by atoms with van der Waals surface area (Å²) in [5, 5.41) is 22.3. The molecule has 2 bridgehead atoms. The van der Waals surface area contributed by atoms with Crippen molar-refractivity contribution in [2.24, 2.45) is 0 Å². The number of likely N-dealkylation sites (tertiary alicyclic amines) is 2. The average Bonchev–Trinajstić information content (AvgIpc) is 3.36. The predicted molar refractivity (Wildman–Crippen MR) is 104 cm³/mol. The SMILES string of the molecule is Cc1nnc(-c2ccc3nnc(NC(=O)N4C[C@H]5C[C@@H]4CN5C)cc3c2)s1. The van der Waals surface area contributed by atoms with Crippen molar-refractivity contribution in [2.45, 2.75) is 25.4 Å². The van der Waals surface area contributed by atoms with Crippen LogP contribution >= 0.6 is 11.3 Å². The number of aryl methyl sites for hydroxylation is 1. The quantitative estimate of drug-likeness (QED) is 0.733. The van der Waals surface area contributed by atoms with Gasteiger partial charge in [0.05, 0.1) is 5.52 Å². The number of carbonyl (C=O) groups excluding carboxylic acids is 1. The van der Waals surface area contributed by atoms with Crippen LogP contribution in [0.5, 0.6) is 0 Å². The van der Waals surface area contributed by atoms with E-state index in [0.29, 0.717) is 17.9 Å². The molecular weight excluding hydrogens is 362 g/mol. The fourth-order valence-electron chi connectivity index (χ4n) is 3.95. The lowest BCUT2D eigenvalue weighted by atomic mass is 10.1. The zero-order valence-corrected chi connectivity index (χ0v) is 15.9. The number of hydrogen-bond acceptors (Lipinski definition) is 7.